The molecule has 0 saturated heterocycles. The lowest BCUT2D eigenvalue weighted by Gasteiger charge is -2.04. The molecule has 98 valence electrons. The average Bonchev–Trinajstić information content (AvgIpc) is 2.86. The number of aryl methyl sites for hydroxylation is 1. The number of para-hydroxylation sites is 1. The van der Waals surface area contributed by atoms with Crippen LogP contribution in [0.15, 0.2) is 48.7 Å². The molecule has 3 nitrogen and oxygen atoms in total. The van der Waals surface area contributed by atoms with E-state index in [-0.39, 0.29) is 0 Å². The van der Waals surface area contributed by atoms with Crippen molar-refractivity contribution in [2.24, 2.45) is 0 Å². The van der Waals surface area contributed by atoms with Crippen LogP contribution in [0.1, 0.15) is 5.56 Å². The van der Waals surface area contributed by atoms with Gasteiger partial charge in [-0.25, -0.2) is 4.98 Å². The van der Waals surface area contributed by atoms with E-state index in [0.717, 1.165) is 27.7 Å². The summed E-state index contributed by atoms with van der Waals surface area (Å²) >= 11 is 0. The molecule has 20 heavy (non-hydrogen) atoms. The van der Waals surface area contributed by atoms with Crippen LogP contribution in [0.4, 0.5) is 0 Å². The van der Waals surface area contributed by atoms with Crippen molar-refractivity contribution in [2.45, 2.75) is 6.92 Å². The van der Waals surface area contributed by atoms with E-state index in [1.54, 1.807) is 7.11 Å². The van der Waals surface area contributed by atoms with Crippen LogP contribution >= 0.6 is 0 Å². The Morgan fingerprint density at radius 1 is 1.10 bits per heavy atom. The molecule has 0 spiro atoms. The van der Waals surface area contributed by atoms with Crippen molar-refractivity contribution < 1.29 is 4.74 Å². The van der Waals surface area contributed by atoms with Gasteiger partial charge in [0.1, 0.15) is 11.4 Å². The van der Waals surface area contributed by atoms with Crippen molar-refractivity contribution in [2.75, 3.05) is 7.11 Å². The van der Waals surface area contributed by atoms with Gasteiger partial charge in [-0.1, -0.05) is 12.1 Å². The molecule has 0 aliphatic heterocycles. The molecule has 0 fully saturated rings. The van der Waals surface area contributed by atoms with Crippen LogP contribution in [0.5, 0.6) is 5.75 Å². The molecule has 0 unspecified atom stereocenters. The van der Waals surface area contributed by atoms with Crippen molar-refractivity contribution in [3.8, 4) is 5.75 Å². The first-order valence-electron chi connectivity index (χ1n) is 6.62. The summed E-state index contributed by atoms with van der Waals surface area (Å²) in [6, 6.07) is 14.4. The standard InChI is InChI=1S/C17H14N2O/c1-11-4-3-5-15-16(11)19-9-8-12-10-13(20-2)6-7-14(12)17(19)18-15/h3-10H,1-2H3. The fourth-order valence-electron chi connectivity index (χ4n) is 2.82. The summed E-state index contributed by atoms with van der Waals surface area (Å²) in [5.41, 5.74) is 4.45. The highest BCUT2D eigenvalue weighted by atomic mass is 16.5. The van der Waals surface area contributed by atoms with Crippen molar-refractivity contribution in [1.82, 2.24) is 9.38 Å². The number of imidazole rings is 1. The Bertz CT molecular complexity index is 953. The number of methoxy groups -OCH3 is 1. The van der Waals surface area contributed by atoms with Crippen molar-refractivity contribution in [3.63, 3.8) is 0 Å². The second-order valence-corrected chi connectivity index (χ2v) is 5.02. The van der Waals surface area contributed by atoms with Gasteiger partial charge in [0.2, 0.25) is 0 Å². The third-order valence-electron chi connectivity index (χ3n) is 3.81. The second kappa shape index (κ2) is 3.97. The minimum Gasteiger partial charge on any atom is -0.497 e. The van der Waals surface area contributed by atoms with Crippen LogP contribution in [0, 0.1) is 6.92 Å². The molecule has 0 bridgehead atoms. The van der Waals surface area contributed by atoms with Crippen LogP contribution < -0.4 is 4.74 Å². The molecule has 0 aliphatic rings. The lowest BCUT2D eigenvalue weighted by molar-refractivity contribution is 0.415. The van der Waals surface area contributed by atoms with Crippen LogP contribution in [0.25, 0.3) is 27.5 Å². The van der Waals surface area contributed by atoms with E-state index in [4.69, 9.17) is 9.72 Å². The Kier molecular flexibility index (Phi) is 2.24. The Morgan fingerprint density at radius 2 is 2.00 bits per heavy atom. The number of rotatable bonds is 1. The SMILES string of the molecule is COc1ccc2c(ccn3c2nc2cccc(C)c23)c1. The topological polar surface area (TPSA) is 26.5 Å². The number of hydrogen-bond donors (Lipinski definition) is 0. The zero-order valence-electron chi connectivity index (χ0n) is 11.4. The molecular formula is C17H14N2O. The predicted molar refractivity (Wildman–Crippen MR) is 81.5 cm³/mol. The highest BCUT2D eigenvalue weighted by Gasteiger charge is 2.09. The van der Waals surface area contributed by atoms with E-state index in [2.05, 4.69) is 47.9 Å². The third kappa shape index (κ3) is 1.43. The van der Waals surface area contributed by atoms with E-state index >= 15 is 0 Å². The van der Waals surface area contributed by atoms with Crippen LogP contribution in [-0.2, 0) is 0 Å². The monoisotopic (exact) mass is 262 g/mol. The lowest BCUT2D eigenvalue weighted by Crippen LogP contribution is -1.88. The minimum absolute atomic E-state index is 0.870. The third-order valence-corrected chi connectivity index (χ3v) is 3.81. The van der Waals surface area contributed by atoms with Crippen molar-refractivity contribution >= 4 is 27.5 Å². The minimum atomic E-state index is 0.870. The largest absolute Gasteiger partial charge is 0.497 e. The predicted octanol–water partition coefficient (Wildman–Crippen LogP) is 3.96. The summed E-state index contributed by atoms with van der Waals surface area (Å²) in [5, 5.41) is 2.29. The summed E-state index contributed by atoms with van der Waals surface area (Å²) in [7, 11) is 1.69. The first kappa shape index (κ1) is 11.3. The highest BCUT2D eigenvalue weighted by molar-refractivity contribution is 5.99. The zero-order chi connectivity index (χ0) is 13.7. The molecular weight excluding hydrogens is 248 g/mol. The number of hydrogen-bond acceptors (Lipinski definition) is 2. The van der Waals surface area contributed by atoms with Gasteiger partial charge in [0.05, 0.1) is 18.1 Å². The number of ether oxygens (including phenoxy) is 1. The average molecular weight is 262 g/mol. The maximum Gasteiger partial charge on any atom is 0.145 e. The lowest BCUT2D eigenvalue weighted by atomic mass is 10.1. The smallest absolute Gasteiger partial charge is 0.145 e. The van der Waals surface area contributed by atoms with Gasteiger partial charge < -0.3 is 4.74 Å². The molecule has 0 radical (unpaired) electrons. The maximum atomic E-state index is 5.29. The van der Waals surface area contributed by atoms with E-state index in [0.29, 0.717) is 0 Å². The van der Waals surface area contributed by atoms with Gasteiger partial charge in [-0.3, -0.25) is 4.40 Å². The van der Waals surface area contributed by atoms with Gasteiger partial charge in [0, 0.05) is 11.6 Å². The summed E-state index contributed by atoms with van der Waals surface area (Å²) in [6.07, 6.45) is 2.08. The van der Waals surface area contributed by atoms with E-state index < -0.39 is 0 Å². The Balaban J connectivity index is 2.20. The van der Waals surface area contributed by atoms with Crippen LogP contribution in [0.3, 0.4) is 0 Å². The summed E-state index contributed by atoms with van der Waals surface area (Å²) < 4.78 is 7.45. The van der Waals surface area contributed by atoms with E-state index in [9.17, 15) is 0 Å². The molecule has 0 saturated carbocycles. The molecule has 0 amide bonds. The fourth-order valence-corrected chi connectivity index (χ4v) is 2.82. The van der Waals surface area contributed by atoms with Gasteiger partial charge in [0.25, 0.3) is 0 Å². The van der Waals surface area contributed by atoms with Crippen molar-refractivity contribution in [3.05, 3.63) is 54.2 Å². The van der Waals surface area contributed by atoms with Crippen LogP contribution in [0.2, 0.25) is 0 Å². The summed E-state index contributed by atoms with van der Waals surface area (Å²) in [5.74, 6) is 0.870. The maximum absolute atomic E-state index is 5.29. The van der Waals surface area contributed by atoms with Crippen LogP contribution in [-0.4, -0.2) is 16.5 Å². The van der Waals surface area contributed by atoms with Gasteiger partial charge in [-0.05, 0) is 48.2 Å². The van der Waals surface area contributed by atoms with Gasteiger partial charge in [-0.2, -0.15) is 0 Å². The second-order valence-electron chi connectivity index (χ2n) is 5.02. The van der Waals surface area contributed by atoms with Gasteiger partial charge >= 0.3 is 0 Å². The number of pyridine rings is 1. The molecule has 2 heterocycles. The highest BCUT2D eigenvalue weighted by Crippen LogP contribution is 2.28. The summed E-state index contributed by atoms with van der Waals surface area (Å²) in [6.45, 7) is 2.12. The normalized spacial score (nSPS) is 11.5. The fraction of sp³-hybridized carbons (Fsp3) is 0.118. The first-order chi connectivity index (χ1) is 9.78. The van der Waals surface area contributed by atoms with E-state index in [1.165, 1.54) is 11.1 Å². The molecule has 2 aromatic heterocycles. The van der Waals surface area contributed by atoms with Gasteiger partial charge in [-0.15, -0.1) is 0 Å². The Labute approximate surface area is 116 Å². The number of benzene rings is 2. The molecule has 0 aliphatic carbocycles. The molecule has 4 aromatic rings. The first-order valence-corrected chi connectivity index (χ1v) is 6.62. The molecule has 2 aromatic carbocycles. The quantitative estimate of drug-likeness (QED) is 0.519. The molecule has 4 rings (SSSR count). The number of fused-ring (bicyclic) bond motifs is 5. The molecule has 3 heteroatoms. The number of aromatic nitrogens is 2. The summed E-state index contributed by atoms with van der Waals surface area (Å²) in [4.78, 5) is 4.78. The molecule has 0 atom stereocenters. The Hall–Kier alpha value is -2.55. The molecule has 0 N–H and O–H groups in total. The zero-order valence-corrected chi connectivity index (χ0v) is 11.4. The Morgan fingerprint density at radius 3 is 2.85 bits per heavy atom. The van der Waals surface area contributed by atoms with Gasteiger partial charge in [0.15, 0.2) is 0 Å². The number of nitrogens with zero attached hydrogens (tertiary/aromatic N) is 2. The van der Waals surface area contributed by atoms with E-state index in [1.807, 2.05) is 12.1 Å². The van der Waals surface area contributed by atoms with Crippen molar-refractivity contribution in [1.29, 1.82) is 0 Å².